The Bertz CT molecular complexity index is 1080. The quantitative estimate of drug-likeness (QED) is 0.588. The minimum atomic E-state index is -0.159. The van der Waals surface area contributed by atoms with Crippen LogP contribution in [0.15, 0.2) is 55.1 Å². The van der Waals surface area contributed by atoms with Gasteiger partial charge in [-0.15, -0.1) is 0 Å². The first kappa shape index (κ1) is 16.2. The maximum atomic E-state index is 6.74. The van der Waals surface area contributed by atoms with Gasteiger partial charge in [-0.3, -0.25) is 4.98 Å². The number of hydrogen-bond acceptors (Lipinski definition) is 5. The van der Waals surface area contributed by atoms with Crippen molar-refractivity contribution in [1.29, 1.82) is 0 Å². The Hall–Kier alpha value is -2.99. The van der Waals surface area contributed by atoms with Crippen LogP contribution in [0.1, 0.15) is 18.4 Å². The van der Waals surface area contributed by atoms with E-state index in [4.69, 9.17) is 5.73 Å². The number of aromatic amines is 1. The van der Waals surface area contributed by atoms with Gasteiger partial charge in [0.25, 0.3) is 0 Å². The van der Waals surface area contributed by atoms with Crippen molar-refractivity contribution in [2.75, 3.05) is 18.0 Å². The molecule has 1 fully saturated rings. The summed E-state index contributed by atoms with van der Waals surface area (Å²) in [5.74, 6) is 0.985. The van der Waals surface area contributed by atoms with Crippen LogP contribution >= 0.6 is 0 Å². The van der Waals surface area contributed by atoms with Crippen molar-refractivity contribution in [3.63, 3.8) is 0 Å². The summed E-state index contributed by atoms with van der Waals surface area (Å²) in [4.78, 5) is 18.9. The number of nitrogens with one attached hydrogen (secondary N) is 1. The smallest absolute Gasteiger partial charge is 0.143 e. The van der Waals surface area contributed by atoms with Crippen molar-refractivity contribution in [3.8, 4) is 0 Å². The molecule has 1 saturated heterocycles. The molecule has 0 saturated carbocycles. The Kier molecular flexibility index (Phi) is 3.79. The SMILES string of the molecule is NC1(Cc2ccccc2)CCN(c2ncnc3[nH]c4cnccc4c23)CC1. The summed E-state index contributed by atoms with van der Waals surface area (Å²) in [7, 11) is 0. The summed E-state index contributed by atoms with van der Waals surface area (Å²) >= 11 is 0. The van der Waals surface area contributed by atoms with Gasteiger partial charge in [0.15, 0.2) is 0 Å². The van der Waals surface area contributed by atoms with Gasteiger partial charge in [0.2, 0.25) is 0 Å². The molecular weight excluding hydrogens is 336 g/mol. The number of piperidine rings is 1. The fourth-order valence-corrected chi connectivity index (χ4v) is 4.14. The van der Waals surface area contributed by atoms with Crippen molar-refractivity contribution in [3.05, 3.63) is 60.7 Å². The number of nitrogens with two attached hydrogens (primary N) is 1. The van der Waals surface area contributed by atoms with Crippen LogP contribution in [-0.4, -0.2) is 38.6 Å². The summed E-state index contributed by atoms with van der Waals surface area (Å²) in [6.45, 7) is 1.79. The van der Waals surface area contributed by atoms with E-state index in [9.17, 15) is 0 Å². The zero-order valence-corrected chi connectivity index (χ0v) is 15.1. The highest BCUT2D eigenvalue weighted by molar-refractivity contribution is 6.10. The molecule has 0 radical (unpaired) electrons. The first-order valence-electron chi connectivity index (χ1n) is 9.36. The maximum Gasteiger partial charge on any atom is 0.143 e. The Morgan fingerprint density at radius 2 is 1.89 bits per heavy atom. The predicted octanol–water partition coefficient (Wildman–Crippen LogP) is 3.05. The standard InChI is InChI=1S/C21H22N6/c22-21(12-15-4-2-1-3-5-15)7-10-27(11-8-21)20-18-16-6-9-23-13-17(16)26-19(18)24-14-25-20/h1-6,9,13-14H,7-8,10-12,22H2,(H,24,25,26). The zero-order valence-electron chi connectivity index (χ0n) is 15.1. The second-order valence-corrected chi connectivity index (χ2v) is 7.48. The second-order valence-electron chi connectivity index (χ2n) is 7.48. The third-order valence-electron chi connectivity index (χ3n) is 5.63. The lowest BCUT2D eigenvalue weighted by Gasteiger charge is -2.40. The van der Waals surface area contributed by atoms with Gasteiger partial charge in [0.05, 0.1) is 17.1 Å². The Balaban J connectivity index is 1.43. The van der Waals surface area contributed by atoms with Gasteiger partial charge in [-0.1, -0.05) is 30.3 Å². The van der Waals surface area contributed by atoms with Gasteiger partial charge in [0, 0.05) is 30.2 Å². The van der Waals surface area contributed by atoms with Gasteiger partial charge < -0.3 is 15.6 Å². The highest BCUT2D eigenvalue weighted by Gasteiger charge is 2.32. The molecule has 4 aromatic rings. The Morgan fingerprint density at radius 1 is 1.07 bits per heavy atom. The zero-order chi connectivity index (χ0) is 18.3. The van der Waals surface area contributed by atoms with Gasteiger partial charge in [0.1, 0.15) is 17.8 Å². The van der Waals surface area contributed by atoms with Crippen molar-refractivity contribution < 1.29 is 0 Å². The van der Waals surface area contributed by atoms with Crippen LogP contribution in [0.5, 0.6) is 0 Å². The van der Waals surface area contributed by atoms with Gasteiger partial charge in [-0.25, -0.2) is 9.97 Å². The monoisotopic (exact) mass is 358 g/mol. The molecule has 27 heavy (non-hydrogen) atoms. The first-order valence-corrected chi connectivity index (χ1v) is 9.36. The van der Waals surface area contributed by atoms with Crippen LogP contribution in [0.4, 0.5) is 5.82 Å². The molecule has 1 aliphatic heterocycles. The van der Waals surface area contributed by atoms with E-state index in [1.807, 2.05) is 24.5 Å². The molecule has 4 heterocycles. The average Bonchev–Trinajstić information content (AvgIpc) is 3.08. The number of pyridine rings is 1. The van der Waals surface area contributed by atoms with E-state index in [2.05, 4.69) is 49.1 Å². The van der Waals surface area contributed by atoms with Crippen LogP contribution < -0.4 is 10.6 Å². The fourth-order valence-electron chi connectivity index (χ4n) is 4.14. The number of hydrogen-bond donors (Lipinski definition) is 2. The summed E-state index contributed by atoms with van der Waals surface area (Å²) in [6, 6.07) is 12.6. The number of aromatic nitrogens is 4. The summed E-state index contributed by atoms with van der Waals surface area (Å²) < 4.78 is 0. The molecule has 6 nitrogen and oxygen atoms in total. The third-order valence-corrected chi connectivity index (χ3v) is 5.63. The van der Waals surface area contributed by atoms with Crippen LogP contribution in [0.2, 0.25) is 0 Å². The number of anilines is 1. The lowest BCUT2D eigenvalue weighted by atomic mass is 9.83. The summed E-state index contributed by atoms with van der Waals surface area (Å²) in [5.41, 5.74) is 9.74. The summed E-state index contributed by atoms with van der Waals surface area (Å²) in [6.07, 6.45) is 8.08. The number of H-pyrrole nitrogens is 1. The number of benzene rings is 1. The van der Waals surface area contributed by atoms with E-state index in [-0.39, 0.29) is 5.54 Å². The van der Waals surface area contributed by atoms with Gasteiger partial charge in [-0.05, 0) is 30.9 Å². The van der Waals surface area contributed by atoms with Gasteiger partial charge in [-0.2, -0.15) is 0 Å². The third kappa shape index (κ3) is 2.92. The topological polar surface area (TPSA) is 83.7 Å². The molecule has 3 N–H and O–H groups in total. The number of nitrogens with zero attached hydrogens (tertiary/aromatic N) is 4. The van der Waals surface area contributed by atoms with Crippen molar-refractivity contribution in [1.82, 2.24) is 19.9 Å². The van der Waals surface area contributed by atoms with E-state index < -0.39 is 0 Å². The number of rotatable bonds is 3. The number of fused-ring (bicyclic) bond motifs is 3. The van der Waals surface area contributed by atoms with Crippen LogP contribution in [0, 0.1) is 0 Å². The normalized spacial score (nSPS) is 16.9. The molecule has 0 amide bonds. The Morgan fingerprint density at radius 3 is 2.70 bits per heavy atom. The van der Waals surface area contributed by atoms with Crippen molar-refractivity contribution in [2.45, 2.75) is 24.8 Å². The molecule has 136 valence electrons. The van der Waals surface area contributed by atoms with Crippen molar-refractivity contribution >= 4 is 27.8 Å². The molecule has 6 heteroatoms. The lowest BCUT2D eigenvalue weighted by Crippen LogP contribution is -2.52. The molecule has 1 aliphatic rings. The molecule has 3 aromatic heterocycles. The second kappa shape index (κ2) is 6.32. The lowest BCUT2D eigenvalue weighted by molar-refractivity contribution is 0.330. The largest absolute Gasteiger partial charge is 0.356 e. The molecule has 0 unspecified atom stereocenters. The molecular formula is C21H22N6. The summed E-state index contributed by atoms with van der Waals surface area (Å²) in [5, 5.41) is 2.19. The molecule has 5 rings (SSSR count). The van der Waals surface area contributed by atoms with Crippen LogP contribution in [0.25, 0.3) is 21.9 Å². The molecule has 0 bridgehead atoms. The minimum Gasteiger partial charge on any atom is -0.356 e. The van der Waals surface area contributed by atoms with Crippen LogP contribution in [0.3, 0.4) is 0 Å². The molecule has 0 atom stereocenters. The highest BCUT2D eigenvalue weighted by atomic mass is 15.2. The Labute approximate surface area is 157 Å². The maximum absolute atomic E-state index is 6.74. The molecule has 1 aromatic carbocycles. The minimum absolute atomic E-state index is 0.159. The van der Waals surface area contributed by atoms with E-state index in [1.54, 1.807) is 6.33 Å². The molecule has 0 spiro atoms. The van der Waals surface area contributed by atoms with Crippen LogP contribution in [-0.2, 0) is 6.42 Å². The van der Waals surface area contributed by atoms with Gasteiger partial charge >= 0.3 is 0 Å². The van der Waals surface area contributed by atoms with Crippen molar-refractivity contribution in [2.24, 2.45) is 5.73 Å². The predicted molar refractivity (Wildman–Crippen MR) is 108 cm³/mol. The van der Waals surface area contributed by atoms with E-state index in [0.29, 0.717) is 0 Å². The average molecular weight is 358 g/mol. The molecule has 0 aliphatic carbocycles. The van der Waals surface area contributed by atoms with E-state index in [1.165, 1.54) is 5.56 Å². The fraction of sp³-hybridized carbons (Fsp3) is 0.286. The van der Waals surface area contributed by atoms with E-state index in [0.717, 1.165) is 60.1 Å². The highest BCUT2D eigenvalue weighted by Crippen LogP contribution is 2.33. The van der Waals surface area contributed by atoms with E-state index >= 15 is 0 Å². The first-order chi connectivity index (χ1) is 13.2.